The Bertz CT molecular complexity index is 1220. The summed E-state index contributed by atoms with van der Waals surface area (Å²) in [5.41, 5.74) is 2.21. The number of aryl methyl sites for hydroxylation is 1. The number of pyridine rings is 1. The van der Waals surface area contributed by atoms with Crippen molar-refractivity contribution in [2.24, 2.45) is 12.1 Å². The van der Waals surface area contributed by atoms with Crippen LogP contribution in [0, 0.1) is 10.1 Å². The fourth-order valence-electron chi connectivity index (χ4n) is 2.32. The van der Waals surface area contributed by atoms with Crippen molar-refractivity contribution >= 4 is 70.1 Å². The number of nitro benzene ring substituents is 1. The number of imidazole rings is 1. The highest BCUT2D eigenvalue weighted by atomic mass is 35.5. The van der Waals surface area contributed by atoms with Crippen molar-refractivity contribution in [1.29, 1.82) is 0 Å². The Morgan fingerprint density at radius 1 is 1.35 bits per heavy atom. The first-order chi connectivity index (χ1) is 14.7. The number of hydrogen-bond acceptors (Lipinski definition) is 8. The summed E-state index contributed by atoms with van der Waals surface area (Å²) in [6.07, 6.45) is 4.61. The molecule has 160 valence electrons. The summed E-state index contributed by atoms with van der Waals surface area (Å²) < 4.78 is 1.74. The van der Waals surface area contributed by atoms with Crippen LogP contribution in [0.3, 0.4) is 0 Å². The molecule has 0 amide bonds. The molecule has 0 bridgehead atoms. The van der Waals surface area contributed by atoms with Crippen molar-refractivity contribution in [3.8, 4) is 0 Å². The fourth-order valence-corrected chi connectivity index (χ4v) is 3.87. The van der Waals surface area contributed by atoms with E-state index in [-0.39, 0.29) is 26.6 Å². The summed E-state index contributed by atoms with van der Waals surface area (Å²) in [7, 11) is 1.78. The van der Waals surface area contributed by atoms with Crippen LogP contribution in [-0.2, 0) is 7.05 Å². The average Bonchev–Trinajstić information content (AvgIpc) is 3.12. The molecule has 0 aliphatic rings. The Balaban J connectivity index is 1.87. The van der Waals surface area contributed by atoms with E-state index in [0.717, 1.165) is 11.8 Å². The van der Waals surface area contributed by atoms with Crippen molar-refractivity contribution in [3.63, 3.8) is 0 Å². The molecule has 0 spiro atoms. The van der Waals surface area contributed by atoms with Crippen molar-refractivity contribution < 1.29 is 14.8 Å². The number of aromatic carboxylic acids is 1. The minimum Gasteiger partial charge on any atom is -0.476 e. The minimum atomic E-state index is -1.40. The van der Waals surface area contributed by atoms with E-state index >= 15 is 0 Å². The van der Waals surface area contributed by atoms with E-state index in [0.29, 0.717) is 15.6 Å². The second-order valence-corrected chi connectivity index (χ2v) is 7.96. The van der Waals surface area contributed by atoms with Crippen LogP contribution in [0.4, 0.5) is 11.4 Å². The molecule has 0 saturated heterocycles. The molecule has 3 aromatic rings. The third-order valence-corrected chi connectivity index (χ3v) is 6.04. The summed E-state index contributed by atoms with van der Waals surface area (Å²) in [5, 5.41) is 24.5. The summed E-state index contributed by atoms with van der Waals surface area (Å²) in [4.78, 5) is 30.4. The van der Waals surface area contributed by atoms with Gasteiger partial charge in [0.2, 0.25) is 0 Å². The molecule has 0 saturated carbocycles. The summed E-state index contributed by atoms with van der Waals surface area (Å²) in [6, 6.07) is 4.53. The molecule has 2 heterocycles. The normalized spacial score (nSPS) is 11.1. The maximum atomic E-state index is 11.5. The molecule has 3 rings (SSSR count). The number of anilines is 1. The summed E-state index contributed by atoms with van der Waals surface area (Å²) in [6.45, 7) is 0. The molecule has 14 heteroatoms. The van der Waals surface area contributed by atoms with Gasteiger partial charge in [-0.3, -0.25) is 15.5 Å². The van der Waals surface area contributed by atoms with Crippen molar-refractivity contribution in [2.75, 3.05) is 5.43 Å². The van der Waals surface area contributed by atoms with Gasteiger partial charge < -0.3 is 9.67 Å². The molecule has 0 aliphatic heterocycles. The maximum absolute atomic E-state index is 11.5. The number of benzene rings is 1. The van der Waals surface area contributed by atoms with Crippen LogP contribution in [0.1, 0.15) is 16.1 Å². The van der Waals surface area contributed by atoms with Crippen LogP contribution in [0.2, 0.25) is 15.2 Å². The molecule has 31 heavy (non-hydrogen) atoms. The molecular weight excluding hydrogens is 491 g/mol. The van der Waals surface area contributed by atoms with Crippen LogP contribution in [0.15, 0.2) is 45.7 Å². The number of hydrazone groups is 1. The number of nitrogens with zero attached hydrogens (tertiary/aromatic N) is 5. The van der Waals surface area contributed by atoms with Gasteiger partial charge in [0.15, 0.2) is 16.0 Å². The fraction of sp³-hybridized carbons (Fsp3) is 0.0588. The molecule has 0 unspecified atom stereocenters. The van der Waals surface area contributed by atoms with Crippen LogP contribution < -0.4 is 5.43 Å². The Labute approximate surface area is 194 Å². The van der Waals surface area contributed by atoms with E-state index in [2.05, 4.69) is 20.5 Å². The van der Waals surface area contributed by atoms with Gasteiger partial charge in [-0.1, -0.05) is 40.9 Å². The van der Waals surface area contributed by atoms with Gasteiger partial charge in [-0.15, -0.1) is 0 Å². The number of rotatable bonds is 7. The monoisotopic (exact) mass is 500 g/mol. The number of carboxylic acids is 1. The molecule has 0 aliphatic carbocycles. The predicted octanol–water partition coefficient (Wildman–Crippen LogP) is 4.98. The first kappa shape index (κ1) is 22.8. The smallest absolute Gasteiger partial charge is 0.356 e. The Morgan fingerprint density at radius 3 is 2.71 bits per heavy atom. The molecule has 0 radical (unpaired) electrons. The number of hydrogen-bond donors (Lipinski definition) is 2. The number of carboxylic acid groups (broad SMARTS) is 1. The van der Waals surface area contributed by atoms with Gasteiger partial charge in [-0.25, -0.2) is 14.8 Å². The SMILES string of the molecule is Cn1ccnc1Sc1ccc(/C=N/Nc2c(Cl)c(Cl)nc(C(=O)O)c2Cl)cc1[N+](=O)[O-]. The number of nitrogens with one attached hydrogen (secondary N) is 1. The molecular formula is C17H11Cl3N6O4S. The lowest BCUT2D eigenvalue weighted by Crippen LogP contribution is -2.05. The number of halogens is 3. The molecule has 1 aromatic carbocycles. The summed E-state index contributed by atoms with van der Waals surface area (Å²) in [5.74, 6) is -1.40. The number of nitro groups is 1. The maximum Gasteiger partial charge on any atom is 0.356 e. The number of carbonyl (C=O) groups is 1. The Morgan fingerprint density at radius 2 is 2.10 bits per heavy atom. The second kappa shape index (κ2) is 9.52. The zero-order valence-electron chi connectivity index (χ0n) is 15.4. The van der Waals surface area contributed by atoms with Gasteiger partial charge in [0.1, 0.15) is 10.0 Å². The van der Waals surface area contributed by atoms with Crippen LogP contribution in [0.25, 0.3) is 0 Å². The predicted molar refractivity (Wildman–Crippen MR) is 118 cm³/mol. The molecule has 2 aromatic heterocycles. The first-order valence-corrected chi connectivity index (χ1v) is 10.1. The van der Waals surface area contributed by atoms with Gasteiger partial charge >= 0.3 is 5.97 Å². The van der Waals surface area contributed by atoms with Crippen LogP contribution >= 0.6 is 46.6 Å². The lowest BCUT2D eigenvalue weighted by molar-refractivity contribution is -0.387. The van der Waals surface area contributed by atoms with E-state index < -0.39 is 16.6 Å². The van der Waals surface area contributed by atoms with E-state index in [4.69, 9.17) is 39.9 Å². The van der Waals surface area contributed by atoms with E-state index in [1.807, 2.05) is 0 Å². The first-order valence-electron chi connectivity index (χ1n) is 8.19. The van der Waals surface area contributed by atoms with Crippen LogP contribution in [0.5, 0.6) is 0 Å². The molecule has 0 fully saturated rings. The Hall–Kier alpha value is -2.86. The second-order valence-electron chi connectivity index (χ2n) is 5.84. The third-order valence-electron chi connectivity index (χ3n) is 3.79. The quantitative estimate of drug-likeness (QED) is 0.200. The van der Waals surface area contributed by atoms with E-state index in [1.54, 1.807) is 36.1 Å². The van der Waals surface area contributed by atoms with Crippen molar-refractivity contribution in [3.05, 3.63) is 67.2 Å². The standard InChI is InChI=1S/C17H11Cl3N6O4S/c1-25-5-4-21-17(25)31-10-3-2-8(6-9(10)26(29)30)7-22-24-13-11(18)14(16(27)28)23-15(20)12(13)19/h2-7H,1H3,(H,23,24)(H,27,28)/b22-7+. The highest BCUT2D eigenvalue weighted by Crippen LogP contribution is 2.37. The minimum absolute atomic E-state index is 0.0616. The lowest BCUT2D eigenvalue weighted by Gasteiger charge is -2.09. The van der Waals surface area contributed by atoms with E-state index in [1.165, 1.54) is 12.3 Å². The third kappa shape index (κ3) is 5.07. The molecule has 0 atom stereocenters. The van der Waals surface area contributed by atoms with Gasteiger partial charge in [0.05, 0.1) is 21.7 Å². The lowest BCUT2D eigenvalue weighted by atomic mass is 10.2. The molecule has 2 N–H and O–H groups in total. The van der Waals surface area contributed by atoms with Gasteiger partial charge in [0.25, 0.3) is 5.69 Å². The zero-order chi connectivity index (χ0) is 22.7. The van der Waals surface area contributed by atoms with Gasteiger partial charge in [-0.2, -0.15) is 5.10 Å². The average molecular weight is 502 g/mol. The summed E-state index contributed by atoms with van der Waals surface area (Å²) >= 11 is 19.0. The highest BCUT2D eigenvalue weighted by Gasteiger charge is 2.21. The van der Waals surface area contributed by atoms with Crippen molar-refractivity contribution in [1.82, 2.24) is 14.5 Å². The Kier molecular flexibility index (Phi) is 7.01. The van der Waals surface area contributed by atoms with Crippen molar-refractivity contribution in [2.45, 2.75) is 10.1 Å². The van der Waals surface area contributed by atoms with E-state index in [9.17, 15) is 14.9 Å². The van der Waals surface area contributed by atoms with Crippen LogP contribution in [-0.4, -0.2) is 36.7 Å². The molecule has 10 nitrogen and oxygen atoms in total. The number of aromatic nitrogens is 3. The topological polar surface area (TPSA) is 136 Å². The highest BCUT2D eigenvalue weighted by molar-refractivity contribution is 7.99. The van der Waals surface area contributed by atoms with Gasteiger partial charge in [-0.05, 0) is 17.8 Å². The zero-order valence-corrected chi connectivity index (χ0v) is 18.5. The van der Waals surface area contributed by atoms with Gasteiger partial charge in [0, 0.05) is 31.1 Å². The largest absolute Gasteiger partial charge is 0.476 e.